The number of ether oxygens (including phenoxy) is 1. The number of nitrogens with zero attached hydrogens (tertiary/aromatic N) is 3. The average molecular weight is 858 g/mol. The van der Waals surface area contributed by atoms with E-state index in [1.54, 1.807) is 0 Å². The smallest absolute Gasteiger partial charge is 0.309 e. The van der Waals surface area contributed by atoms with Gasteiger partial charge in [-0.25, -0.2) is 0 Å². The van der Waals surface area contributed by atoms with Crippen LogP contribution in [-0.2, 0) is 19.1 Å². The fraction of sp³-hybridized carbons (Fsp3) is 0.944. The van der Waals surface area contributed by atoms with Crippen molar-refractivity contribution >= 4 is 17.8 Å². The summed E-state index contributed by atoms with van der Waals surface area (Å²) in [6.45, 7) is 26.1. The molecule has 0 aromatic carbocycles. The standard InChI is InChI=1S/C54H87N3O5/c1-48(2)39(45(58)59)33-40(48)46(60)62-43-20-21-51(6)41(49(43,3)4)19-22-53(8)42(51)17-16-38-44-37(50(5)24-25-50)18-23-54(44,27-26-52(38,53)7)47(61)57-28-12-15-36(57)34-55-29-31-56(32-30-55)35-13-10-9-11-14-35/h35-44H,9-34H2,1-8H3,(H,58,59)/t36-,37+,38+,39-,40+,41-,42+,43-,44+,51-,52+,53+,54-/m0/s1. The first-order valence-corrected chi connectivity index (χ1v) is 26.5. The largest absolute Gasteiger partial charge is 0.481 e. The minimum absolute atomic E-state index is 0.135. The first kappa shape index (κ1) is 44.2. The summed E-state index contributed by atoms with van der Waals surface area (Å²) in [6, 6.07) is 1.19. The molecule has 13 atom stereocenters. The van der Waals surface area contributed by atoms with Crippen LogP contribution in [0, 0.1) is 79.3 Å². The van der Waals surface area contributed by atoms with Crippen LogP contribution in [0.1, 0.15) is 184 Å². The molecular formula is C54H87N3O5. The molecule has 0 spiro atoms. The number of carbonyl (C=O) groups is 3. The number of likely N-dealkylation sites (tertiary alicyclic amines) is 1. The van der Waals surface area contributed by atoms with Crippen molar-refractivity contribution in [2.75, 3.05) is 39.3 Å². The Balaban J connectivity index is 0.862. The monoisotopic (exact) mass is 858 g/mol. The summed E-state index contributed by atoms with van der Waals surface area (Å²) in [5.41, 5.74) is 0.0962. The van der Waals surface area contributed by atoms with Gasteiger partial charge in [-0.05, 0) is 166 Å². The Morgan fingerprint density at radius 3 is 2.02 bits per heavy atom. The third-order valence-corrected chi connectivity index (χ3v) is 23.4. The number of carboxylic acids is 1. The molecule has 10 fully saturated rings. The van der Waals surface area contributed by atoms with Crippen LogP contribution in [0.25, 0.3) is 0 Å². The van der Waals surface area contributed by atoms with Crippen LogP contribution in [0.3, 0.4) is 0 Å². The molecule has 0 unspecified atom stereocenters. The lowest BCUT2D eigenvalue weighted by Crippen LogP contribution is -2.68. The van der Waals surface area contributed by atoms with Crippen molar-refractivity contribution in [3.05, 3.63) is 0 Å². The Kier molecular flexibility index (Phi) is 10.8. The van der Waals surface area contributed by atoms with Gasteiger partial charge in [-0.15, -0.1) is 0 Å². The fourth-order valence-corrected chi connectivity index (χ4v) is 19.1. The molecule has 0 aromatic heterocycles. The first-order chi connectivity index (χ1) is 29.3. The Morgan fingerprint density at radius 2 is 1.34 bits per heavy atom. The van der Waals surface area contributed by atoms with Gasteiger partial charge in [0.2, 0.25) is 5.91 Å². The Hall–Kier alpha value is -1.67. The maximum absolute atomic E-state index is 15.7. The van der Waals surface area contributed by atoms with Crippen LogP contribution in [-0.4, -0.2) is 95.1 Å². The molecule has 348 valence electrons. The van der Waals surface area contributed by atoms with Gasteiger partial charge in [0, 0.05) is 56.8 Å². The molecule has 62 heavy (non-hydrogen) atoms. The Bertz CT molecular complexity index is 1760. The van der Waals surface area contributed by atoms with Gasteiger partial charge < -0.3 is 14.7 Å². The third-order valence-electron chi connectivity index (χ3n) is 23.4. The van der Waals surface area contributed by atoms with E-state index in [2.05, 4.69) is 56.2 Å². The molecule has 8 aliphatic carbocycles. The molecule has 0 bridgehead atoms. The van der Waals surface area contributed by atoms with Crippen LogP contribution in [0.15, 0.2) is 0 Å². The van der Waals surface area contributed by atoms with E-state index in [4.69, 9.17) is 4.74 Å². The van der Waals surface area contributed by atoms with E-state index < -0.39 is 17.3 Å². The maximum Gasteiger partial charge on any atom is 0.309 e. The molecule has 0 radical (unpaired) electrons. The molecule has 2 saturated heterocycles. The quantitative estimate of drug-likeness (QED) is 0.243. The summed E-state index contributed by atoms with van der Waals surface area (Å²) >= 11 is 0. The second-order valence-electron chi connectivity index (χ2n) is 26.4. The normalized spacial score (nSPS) is 47.3. The van der Waals surface area contributed by atoms with E-state index >= 15 is 4.79 Å². The van der Waals surface area contributed by atoms with Crippen molar-refractivity contribution in [1.29, 1.82) is 0 Å². The highest BCUT2D eigenvalue weighted by Crippen LogP contribution is 2.79. The number of aliphatic carboxylic acids is 1. The van der Waals surface area contributed by atoms with Gasteiger partial charge in [0.1, 0.15) is 6.10 Å². The summed E-state index contributed by atoms with van der Waals surface area (Å²) < 4.78 is 6.51. The van der Waals surface area contributed by atoms with Crippen molar-refractivity contribution in [3.8, 4) is 0 Å². The van der Waals surface area contributed by atoms with Crippen LogP contribution >= 0.6 is 0 Å². The number of carbonyl (C=O) groups excluding carboxylic acids is 2. The van der Waals surface area contributed by atoms with Gasteiger partial charge in [0.15, 0.2) is 0 Å². The van der Waals surface area contributed by atoms with E-state index in [1.807, 2.05) is 13.8 Å². The van der Waals surface area contributed by atoms with Crippen LogP contribution in [0.2, 0.25) is 0 Å². The Morgan fingerprint density at radius 1 is 0.613 bits per heavy atom. The van der Waals surface area contributed by atoms with E-state index in [-0.39, 0.29) is 45.1 Å². The van der Waals surface area contributed by atoms with Crippen LogP contribution in [0.5, 0.6) is 0 Å². The third kappa shape index (κ3) is 6.46. The van der Waals surface area contributed by atoms with E-state index in [0.717, 1.165) is 44.8 Å². The zero-order chi connectivity index (χ0) is 43.8. The van der Waals surface area contributed by atoms with Crippen molar-refractivity contribution < 1.29 is 24.2 Å². The molecule has 10 aliphatic rings. The molecule has 10 rings (SSSR count). The van der Waals surface area contributed by atoms with Gasteiger partial charge in [-0.2, -0.15) is 0 Å². The minimum Gasteiger partial charge on any atom is -0.481 e. The summed E-state index contributed by atoms with van der Waals surface area (Å²) in [7, 11) is 0. The lowest BCUT2D eigenvalue weighted by Gasteiger charge is -2.73. The number of piperazine rings is 1. The van der Waals surface area contributed by atoms with Gasteiger partial charge in [0.05, 0.1) is 17.3 Å². The van der Waals surface area contributed by atoms with Crippen molar-refractivity contribution in [1.82, 2.24) is 14.7 Å². The number of fused-ring (bicyclic) bond motifs is 7. The van der Waals surface area contributed by atoms with Crippen molar-refractivity contribution in [3.63, 3.8) is 0 Å². The van der Waals surface area contributed by atoms with Crippen LogP contribution in [0.4, 0.5) is 0 Å². The molecule has 1 N–H and O–H groups in total. The SMILES string of the molecule is CC1([C@@H]2CC[C@]3(C(=O)N4CCC[C@H]4CN4CCN(C5CCCCC5)CC4)CC[C@]4(C)[C@H](CC[C@@H]5[C@@]6(C)CC[C@H](OC(=O)[C@H]7C[C@@H](C(=O)O)C7(C)C)C(C)(C)[C@@H]6CC[C@]54C)[C@@H]23)CC1. The average Bonchev–Trinajstić information content (AvgIpc) is 3.60. The van der Waals surface area contributed by atoms with Crippen molar-refractivity contribution in [2.45, 2.75) is 202 Å². The van der Waals surface area contributed by atoms with Gasteiger partial charge >= 0.3 is 11.9 Å². The lowest BCUT2D eigenvalue weighted by molar-refractivity contribution is -0.253. The number of rotatable bonds is 8. The number of esters is 1. The molecule has 8 nitrogen and oxygen atoms in total. The summed E-state index contributed by atoms with van der Waals surface area (Å²) in [5.74, 6) is 1.66. The predicted octanol–water partition coefficient (Wildman–Crippen LogP) is 10.5. The Labute approximate surface area is 376 Å². The van der Waals surface area contributed by atoms with Gasteiger partial charge in [0.25, 0.3) is 0 Å². The second kappa shape index (κ2) is 15.2. The highest BCUT2D eigenvalue weighted by Gasteiger charge is 2.74. The molecule has 2 heterocycles. The molecule has 1 amide bonds. The number of hydrogen-bond donors (Lipinski definition) is 1. The first-order valence-electron chi connectivity index (χ1n) is 26.5. The highest BCUT2D eigenvalue weighted by atomic mass is 16.5. The number of hydrogen-bond acceptors (Lipinski definition) is 6. The van der Waals surface area contributed by atoms with Gasteiger partial charge in [-0.3, -0.25) is 24.2 Å². The van der Waals surface area contributed by atoms with E-state index in [1.165, 1.54) is 122 Å². The predicted molar refractivity (Wildman–Crippen MR) is 244 cm³/mol. The summed E-state index contributed by atoms with van der Waals surface area (Å²) in [4.78, 5) is 49.4. The van der Waals surface area contributed by atoms with Crippen molar-refractivity contribution in [2.24, 2.45) is 79.3 Å². The summed E-state index contributed by atoms with van der Waals surface area (Å²) in [5, 5.41) is 9.74. The topological polar surface area (TPSA) is 90.4 Å². The van der Waals surface area contributed by atoms with Crippen LogP contribution < -0.4 is 0 Å². The van der Waals surface area contributed by atoms with Gasteiger partial charge in [-0.1, -0.05) is 74.7 Å². The minimum atomic E-state index is -0.800. The number of carboxylic acid groups (broad SMARTS) is 1. The maximum atomic E-state index is 15.7. The molecule has 0 aromatic rings. The zero-order valence-electron chi connectivity index (χ0n) is 40.6. The molecule has 2 aliphatic heterocycles. The zero-order valence-corrected chi connectivity index (χ0v) is 40.6. The molecule has 8 heteroatoms. The summed E-state index contributed by atoms with van der Waals surface area (Å²) in [6.07, 6.45) is 23.9. The fourth-order valence-electron chi connectivity index (χ4n) is 19.1. The highest BCUT2D eigenvalue weighted by molar-refractivity contribution is 5.84. The van der Waals surface area contributed by atoms with E-state index in [0.29, 0.717) is 53.4 Å². The second-order valence-corrected chi connectivity index (χ2v) is 26.4. The lowest BCUT2D eigenvalue weighted by atomic mass is 9.32. The van der Waals surface area contributed by atoms with E-state index in [9.17, 15) is 14.7 Å². The molecular weight excluding hydrogens is 771 g/mol. The number of amides is 1. The molecule has 8 saturated carbocycles.